The molecule has 29 heavy (non-hydrogen) atoms. The number of carbonyl (C=O) groups is 1. The molecule has 5 rings (SSSR count). The molecule has 3 aromatic rings. The van der Waals surface area contributed by atoms with Gasteiger partial charge in [0.05, 0.1) is 5.75 Å². The number of fused-ring (bicyclic) bond motifs is 4. The SMILES string of the molecule is CC(C)c1nc(SCC(=O)N2CCc3ccccc32)c2c3c(sc2n1)CCCC3. The van der Waals surface area contributed by atoms with E-state index in [1.165, 1.54) is 34.2 Å². The Hall–Kier alpha value is -1.92. The largest absolute Gasteiger partial charge is 0.311 e. The minimum absolute atomic E-state index is 0.168. The van der Waals surface area contributed by atoms with Gasteiger partial charge in [-0.3, -0.25) is 4.79 Å². The van der Waals surface area contributed by atoms with E-state index in [9.17, 15) is 4.79 Å². The molecule has 1 aliphatic heterocycles. The predicted molar refractivity (Wildman–Crippen MR) is 121 cm³/mol. The number of hydrogen-bond acceptors (Lipinski definition) is 5. The van der Waals surface area contributed by atoms with E-state index < -0.39 is 0 Å². The van der Waals surface area contributed by atoms with Crippen LogP contribution >= 0.6 is 23.1 Å². The second kappa shape index (κ2) is 7.73. The lowest BCUT2D eigenvalue weighted by atomic mass is 9.97. The molecular formula is C23H25N3OS2. The summed E-state index contributed by atoms with van der Waals surface area (Å²) in [4.78, 5) is 27.3. The van der Waals surface area contributed by atoms with Crippen molar-refractivity contribution in [2.45, 2.75) is 56.9 Å². The summed E-state index contributed by atoms with van der Waals surface area (Å²) in [7, 11) is 0. The normalized spacial score (nSPS) is 15.8. The monoisotopic (exact) mass is 423 g/mol. The highest BCUT2D eigenvalue weighted by atomic mass is 32.2. The third-order valence-electron chi connectivity index (χ3n) is 5.84. The maximum Gasteiger partial charge on any atom is 0.237 e. The average Bonchev–Trinajstić information content (AvgIpc) is 3.33. The molecule has 6 heteroatoms. The van der Waals surface area contributed by atoms with Crippen LogP contribution in [0.15, 0.2) is 29.3 Å². The van der Waals surface area contributed by atoms with Gasteiger partial charge >= 0.3 is 0 Å². The van der Waals surface area contributed by atoms with Crippen LogP contribution in [-0.2, 0) is 24.1 Å². The summed E-state index contributed by atoms with van der Waals surface area (Å²) >= 11 is 3.43. The Kier molecular flexibility index (Phi) is 5.08. The molecule has 150 valence electrons. The summed E-state index contributed by atoms with van der Waals surface area (Å²) in [6.45, 7) is 5.05. The number of hydrogen-bond donors (Lipinski definition) is 0. The molecule has 3 heterocycles. The smallest absolute Gasteiger partial charge is 0.237 e. The van der Waals surface area contributed by atoms with E-state index in [0.29, 0.717) is 5.75 Å². The van der Waals surface area contributed by atoms with Gasteiger partial charge in [0, 0.05) is 28.4 Å². The molecule has 0 atom stereocenters. The molecule has 2 aliphatic rings. The van der Waals surface area contributed by atoms with Crippen molar-refractivity contribution in [2.75, 3.05) is 17.2 Å². The van der Waals surface area contributed by atoms with Crippen LogP contribution in [-0.4, -0.2) is 28.2 Å². The van der Waals surface area contributed by atoms with Crippen LogP contribution in [0.2, 0.25) is 0 Å². The second-order valence-electron chi connectivity index (χ2n) is 8.15. The van der Waals surface area contributed by atoms with Crippen LogP contribution in [0, 0.1) is 0 Å². The van der Waals surface area contributed by atoms with Gasteiger partial charge in [0.2, 0.25) is 5.91 Å². The van der Waals surface area contributed by atoms with Crippen LogP contribution in [0.3, 0.4) is 0 Å². The first-order valence-corrected chi connectivity index (χ1v) is 12.3. The fourth-order valence-electron chi connectivity index (χ4n) is 4.31. The highest BCUT2D eigenvalue weighted by Crippen LogP contribution is 2.40. The first-order chi connectivity index (χ1) is 14.1. The highest BCUT2D eigenvalue weighted by Gasteiger charge is 2.26. The topological polar surface area (TPSA) is 46.1 Å². The van der Waals surface area contributed by atoms with Crippen LogP contribution in [0.25, 0.3) is 10.2 Å². The van der Waals surface area contributed by atoms with Gasteiger partial charge in [-0.2, -0.15) is 0 Å². The predicted octanol–water partition coefficient (Wildman–Crippen LogP) is 5.37. The Balaban J connectivity index is 1.45. The Morgan fingerprint density at radius 3 is 2.86 bits per heavy atom. The molecule has 0 N–H and O–H groups in total. The molecule has 4 nitrogen and oxygen atoms in total. The number of aromatic nitrogens is 2. The molecular weight excluding hydrogens is 398 g/mol. The van der Waals surface area contributed by atoms with Crippen molar-refractivity contribution in [1.82, 2.24) is 9.97 Å². The van der Waals surface area contributed by atoms with Gasteiger partial charge in [0.15, 0.2) is 0 Å². The van der Waals surface area contributed by atoms with E-state index in [1.54, 1.807) is 11.8 Å². The first kappa shape index (κ1) is 19.1. The average molecular weight is 424 g/mol. The minimum atomic E-state index is 0.168. The van der Waals surface area contributed by atoms with Crippen LogP contribution in [0.4, 0.5) is 5.69 Å². The summed E-state index contributed by atoms with van der Waals surface area (Å²) in [5, 5.41) is 2.22. The summed E-state index contributed by atoms with van der Waals surface area (Å²) < 4.78 is 0. The number of benzene rings is 1. The number of para-hydroxylation sites is 1. The molecule has 0 saturated carbocycles. The van der Waals surface area contributed by atoms with Crippen molar-refractivity contribution in [1.29, 1.82) is 0 Å². The van der Waals surface area contributed by atoms with Crippen molar-refractivity contribution in [2.24, 2.45) is 0 Å². The maximum atomic E-state index is 13.0. The van der Waals surface area contributed by atoms with Gasteiger partial charge in [0.1, 0.15) is 15.7 Å². The van der Waals surface area contributed by atoms with Gasteiger partial charge in [-0.25, -0.2) is 9.97 Å². The number of amides is 1. The lowest BCUT2D eigenvalue weighted by Crippen LogP contribution is -2.30. The van der Waals surface area contributed by atoms with E-state index >= 15 is 0 Å². The van der Waals surface area contributed by atoms with Gasteiger partial charge < -0.3 is 4.90 Å². The van der Waals surface area contributed by atoms with Gasteiger partial charge in [0.25, 0.3) is 0 Å². The molecule has 1 aliphatic carbocycles. The fourth-order valence-corrected chi connectivity index (χ4v) is 6.58. The molecule has 0 spiro atoms. The van der Waals surface area contributed by atoms with Crippen LogP contribution < -0.4 is 4.90 Å². The van der Waals surface area contributed by atoms with E-state index in [0.717, 1.165) is 47.2 Å². The molecule has 0 bridgehead atoms. The molecule has 0 saturated heterocycles. The van der Waals surface area contributed by atoms with Crippen molar-refractivity contribution < 1.29 is 4.79 Å². The van der Waals surface area contributed by atoms with Crippen molar-refractivity contribution in [3.8, 4) is 0 Å². The van der Waals surface area contributed by atoms with Crippen LogP contribution in [0.1, 0.15) is 54.4 Å². The second-order valence-corrected chi connectivity index (χ2v) is 10.2. The lowest BCUT2D eigenvalue weighted by molar-refractivity contribution is -0.116. The number of aryl methyl sites for hydroxylation is 2. The van der Waals surface area contributed by atoms with E-state index in [-0.39, 0.29) is 11.8 Å². The summed E-state index contributed by atoms with van der Waals surface area (Å²) in [5.74, 6) is 1.75. The first-order valence-electron chi connectivity index (χ1n) is 10.4. The number of anilines is 1. The third kappa shape index (κ3) is 3.46. The quantitative estimate of drug-likeness (QED) is 0.418. The molecule has 1 amide bonds. The zero-order chi connectivity index (χ0) is 20.0. The number of rotatable bonds is 4. The zero-order valence-electron chi connectivity index (χ0n) is 16.9. The van der Waals surface area contributed by atoms with E-state index in [2.05, 4.69) is 26.0 Å². The third-order valence-corrected chi connectivity index (χ3v) is 7.98. The van der Waals surface area contributed by atoms with E-state index in [4.69, 9.17) is 9.97 Å². The van der Waals surface area contributed by atoms with E-state index in [1.807, 2.05) is 28.4 Å². The molecule has 2 aromatic heterocycles. The Morgan fingerprint density at radius 2 is 2.00 bits per heavy atom. The number of carbonyl (C=O) groups excluding carboxylic acids is 1. The fraction of sp³-hybridized carbons (Fsp3) is 0.435. The Labute approximate surface area is 179 Å². The summed E-state index contributed by atoms with van der Waals surface area (Å²) in [5.41, 5.74) is 3.78. The maximum absolute atomic E-state index is 13.0. The summed E-state index contributed by atoms with van der Waals surface area (Å²) in [6.07, 6.45) is 5.71. The molecule has 0 fully saturated rings. The molecule has 0 radical (unpaired) electrons. The van der Waals surface area contributed by atoms with Crippen molar-refractivity contribution in [3.05, 3.63) is 46.1 Å². The van der Waals surface area contributed by atoms with Crippen molar-refractivity contribution >= 4 is 44.9 Å². The lowest BCUT2D eigenvalue weighted by Gasteiger charge is -2.17. The standard InChI is InChI=1S/C23H25N3OS2/c1-14(2)21-24-22(20-16-8-4-6-10-18(16)29-23(20)25-21)28-13-19(27)26-12-11-15-7-3-5-9-17(15)26/h3,5,7,9,14H,4,6,8,10-13H2,1-2H3. The van der Waals surface area contributed by atoms with Gasteiger partial charge in [-0.05, 0) is 49.3 Å². The number of thiophene rings is 1. The minimum Gasteiger partial charge on any atom is -0.311 e. The van der Waals surface area contributed by atoms with Gasteiger partial charge in [-0.1, -0.05) is 43.8 Å². The molecule has 1 aromatic carbocycles. The zero-order valence-corrected chi connectivity index (χ0v) is 18.5. The summed E-state index contributed by atoms with van der Waals surface area (Å²) in [6, 6.07) is 8.24. The molecule has 0 unspecified atom stereocenters. The Morgan fingerprint density at radius 1 is 1.17 bits per heavy atom. The van der Waals surface area contributed by atoms with Crippen LogP contribution in [0.5, 0.6) is 0 Å². The van der Waals surface area contributed by atoms with Gasteiger partial charge in [-0.15, -0.1) is 11.3 Å². The van der Waals surface area contributed by atoms with Crippen molar-refractivity contribution in [3.63, 3.8) is 0 Å². The highest BCUT2D eigenvalue weighted by molar-refractivity contribution is 8.00. The number of nitrogens with zero attached hydrogens (tertiary/aromatic N) is 3. The Bertz CT molecular complexity index is 1090. The number of thioether (sulfide) groups is 1.